The van der Waals surface area contributed by atoms with Crippen LogP contribution in [0.5, 0.6) is 0 Å². The maximum absolute atomic E-state index is 5.44. The number of nitrogens with zero attached hydrogens (tertiary/aromatic N) is 1. The number of imidazole rings is 1. The van der Waals surface area contributed by atoms with Crippen molar-refractivity contribution in [2.45, 2.75) is 26.3 Å². The molecular formula is C14H18N2OS. The number of rotatable bonds is 2. The number of benzene rings is 1. The fraction of sp³-hybridized carbons (Fsp3) is 0.500. The molecule has 1 aromatic heterocycles. The van der Waals surface area contributed by atoms with E-state index < -0.39 is 0 Å². The van der Waals surface area contributed by atoms with Crippen LogP contribution in [0.25, 0.3) is 11.0 Å². The molecule has 0 atom stereocenters. The van der Waals surface area contributed by atoms with Crippen molar-refractivity contribution < 1.29 is 4.74 Å². The molecule has 3 nitrogen and oxygen atoms in total. The largest absolute Gasteiger partial charge is 0.381 e. The zero-order valence-corrected chi connectivity index (χ0v) is 11.4. The Morgan fingerprint density at radius 3 is 2.94 bits per heavy atom. The third kappa shape index (κ3) is 2.22. The first kappa shape index (κ1) is 11.9. The molecule has 0 saturated carbocycles. The highest BCUT2D eigenvalue weighted by atomic mass is 32.1. The summed E-state index contributed by atoms with van der Waals surface area (Å²) < 4.78 is 8.49. The van der Waals surface area contributed by atoms with Gasteiger partial charge in [0.05, 0.1) is 11.0 Å². The van der Waals surface area contributed by atoms with E-state index >= 15 is 0 Å². The van der Waals surface area contributed by atoms with E-state index in [1.165, 1.54) is 11.1 Å². The number of hydrogen-bond acceptors (Lipinski definition) is 2. The van der Waals surface area contributed by atoms with E-state index in [0.29, 0.717) is 5.92 Å². The van der Waals surface area contributed by atoms with E-state index in [-0.39, 0.29) is 0 Å². The van der Waals surface area contributed by atoms with Crippen LogP contribution in [-0.2, 0) is 11.3 Å². The highest BCUT2D eigenvalue weighted by Gasteiger charge is 2.16. The molecule has 0 radical (unpaired) electrons. The van der Waals surface area contributed by atoms with Gasteiger partial charge in [-0.3, -0.25) is 0 Å². The first-order valence-electron chi connectivity index (χ1n) is 6.51. The Hall–Kier alpha value is -1.13. The molecule has 4 heteroatoms. The third-order valence-electron chi connectivity index (χ3n) is 3.71. The Labute approximate surface area is 112 Å². The van der Waals surface area contributed by atoms with Crippen LogP contribution in [-0.4, -0.2) is 22.8 Å². The Kier molecular flexibility index (Phi) is 3.22. The van der Waals surface area contributed by atoms with Gasteiger partial charge < -0.3 is 14.3 Å². The van der Waals surface area contributed by atoms with Crippen LogP contribution >= 0.6 is 12.2 Å². The van der Waals surface area contributed by atoms with Crippen LogP contribution in [0.15, 0.2) is 18.2 Å². The van der Waals surface area contributed by atoms with Crippen LogP contribution in [0.3, 0.4) is 0 Å². The molecule has 1 aliphatic rings. The summed E-state index contributed by atoms with van der Waals surface area (Å²) in [7, 11) is 0. The predicted molar refractivity (Wildman–Crippen MR) is 75.4 cm³/mol. The van der Waals surface area contributed by atoms with Gasteiger partial charge in [-0.05, 0) is 55.6 Å². The van der Waals surface area contributed by atoms with Gasteiger partial charge >= 0.3 is 0 Å². The van der Waals surface area contributed by atoms with Crippen LogP contribution in [0.4, 0.5) is 0 Å². The van der Waals surface area contributed by atoms with Crippen molar-refractivity contribution >= 4 is 23.3 Å². The van der Waals surface area contributed by atoms with E-state index in [9.17, 15) is 0 Å². The molecule has 0 amide bonds. The molecule has 0 unspecified atom stereocenters. The average molecular weight is 262 g/mol. The quantitative estimate of drug-likeness (QED) is 0.840. The number of aromatic nitrogens is 2. The molecule has 0 spiro atoms. The monoisotopic (exact) mass is 262 g/mol. The average Bonchev–Trinajstić information content (AvgIpc) is 2.67. The van der Waals surface area contributed by atoms with Gasteiger partial charge in [-0.2, -0.15) is 0 Å². The zero-order valence-electron chi connectivity index (χ0n) is 10.6. The molecule has 1 fully saturated rings. The lowest BCUT2D eigenvalue weighted by Gasteiger charge is -2.22. The topological polar surface area (TPSA) is 29.9 Å². The first-order valence-corrected chi connectivity index (χ1v) is 6.92. The van der Waals surface area contributed by atoms with Crippen LogP contribution in [0, 0.1) is 17.6 Å². The summed E-state index contributed by atoms with van der Waals surface area (Å²) in [6.07, 6.45) is 2.28. The molecule has 3 rings (SSSR count). The summed E-state index contributed by atoms with van der Waals surface area (Å²) in [5.41, 5.74) is 3.64. The van der Waals surface area contributed by atoms with Gasteiger partial charge in [0.1, 0.15) is 0 Å². The first-order chi connectivity index (χ1) is 8.74. The van der Waals surface area contributed by atoms with Crippen LogP contribution in [0.1, 0.15) is 18.4 Å². The van der Waals surface area contributed by atoms with Gasteiger partial charge in [0.25, 0.3) is 0 Å². The molecule has 2 heterocycles. The van der Waals surface area contributed by atoms with Crippen molar-refractivity contribution in [3.63, 3.8) is 0 Å². The zero-order chi connectivity index (χ0) is 12.5. The Morgan fingerprint density at radius 1 is 1.39 bits per heavy atom. The molecule has 96 valence electrons. The number of H-pyrrole nitrogens is 1. The van der Waals surface area contributed by atoms with Crippen molar-refractivity contribution in [1.29, 1.82) is 0 Å². The third-order valence-corrected chi connectivity index (χ3v) is 4.03. The second-order valence-corrected chi connectivity index (χ2v) is 5.50. The van der Waals surface area contributed by atoms with Crippen LogP contribution in [0.2, 0.25) is 0 Å². The fourth-order valence-electron chi connectivity index (χ4n) is 2.63. The second-order valence-electron chi connectivity index (χ2n) is 5.12. The summed E-state index contributed by atoms with van der Waals surface area (Å²) >= 11 is 5.44. The molecule has 0 aliphatic carbocycles. The Bertz CT molecular complexity index is 608. The number of ether oxygens (including phenoxy) is 1. The van der Waals surface area contributed by atoms with Crippen molar-refractivity contribution in [3.8, 4) is 0 Å². The van der Waals surface area contributed by atoms with E-state index in [4.69, 9.17) is 17.0 Å². The molecule has 1 aliphatic heterocycles. The van der Waals surface area contributed by atoms with E-state index in [2.05, 4.69) is 34.7 Å². The van der Waals surface area contributed by atoms with E-state index in [0.717, 1.165) is 42.9 Å². The highest BCUT2D eigenvalue weighted by Crippen LogP contribution is 2.21. The lowest BCUT2D eigenvalue weighted by atomic mass is 10.0. The number of hydrogen-bond donors (Lipinski definition) is 1. The summed E-state index contributed by atoms with van der Waals surface area (Å²) in [4.78, 5) is 3.29. The Balaban J connectivity index is 1.97. The second kappa shape index (κ2) is 4.86. The molecule has 2 aromatic rings. The minimum atomic E-state index is 0.685. The number of nitrogens with one attached hydrogen (secondary N) is 1. The van der Waals surface area contributed by atoms with Gasteiger partial charge in [-0.25, -0.2) is 0 Å². The van der Waals surface area contributed by atoms with Crippen molar-refractivity contribution in [2.24, 2.45) is 5.92 Å². The maximum atomic E-state index is 5.44. The lowest BCUT2D eigenvalue weighted by molar-refractivity contribution is 0.0615. The normalized spacial score (nSPS) is 17.4. The van der Waals surface area contributed by atoms with Crippen molar-refractivity contribution in [2.75, 3.05) is 13.2 Å². The minimum absolute atomic E-state index is 0.685. The standard InChI is InChI=1S/C14H18N2OS/c1-10-2-3-12-13(8-10)16(14(18)15-12)9-11-4-6-17-7-5-11/h2-3,8,11H,4-7,9H2,1H3,(H,15,18). The van der Waals surface area contributed by atoms with Crippen LogP contribution < -0.4 is 0 Å². The summed E-state index contributed by atoms with van der Waals surface area (Å²) in [6, 6.07) is 6.44. The number of fused-ring (bicyclic) bond motifs is 1. The number of aryl methyl sites for hydroxylation is 1. The summed E-state index contributed by atoms with van der Waals surface area (Å²) in [5.74, 6) is 0.685. The predicted octanol–water partition coefficient (Wildman–Crippen LogP) is 3.43. The molecule has 18 heavy (non-hydrogen) atoms. The van der Waals surface area contributed by atoms with E-state index in [1.54, 1.807) is 0 Å². The fourth-order valence-corrected chi connectivity index (χ4v) is 2.91. The van der Waals surface area contributed by atoms with Gasteiger partial charge in [-0.15, -0.1) is 0 Å². The van der Waals surface area contributed by atoms with Gasteiger partial charge in [-0.1, -0.05) is 6.07 Å². The lowest BCUT2D eigenvalue weighted by Crippen LogP contribution is -2.20. The van der Waals surface area contributed by atoms with Gasteiger partial charge in [0.2, 0.25) is 0 Å². The van der Waals surface area contributed by atoms with Crippen molar-refractivity contribution in [1.82, 2.24) is 9.55 Å². The Morgan fingerprint density at radius 2 is 2.17 bits per heavy atom. The summed E-state index contributed by atoms with van der Waals surface area (Å²) in [6.45, 7) is 4.90. The molecule has 1 N–H and O–H groups in total. The van der Waals surface area contributed by atoms with Crippen molar-refractivity contribution in [3.05, 3.63) is 28.5 Å². The summed E-state index contributed by atoms with van der Waals surface area (Å²) in [5, 5.41) is 0. The number of aromatic amines is 1. The maximum Gasteiger partial charge on any atom is 0.178 e. The smallest absolute Gasteiger partial charge is 0.178 e. The molecular weight excluding hydrogens is 244 g/mol. The molecule has 1 saturated heterocycles. The minimum Gasteiger partial charge on any atom is -0.381 e. The molecule has 1 aromatic carbocycles. The highest BCUT2D eigenvalue weighted by molar-refractivity contribution is 7.71. The molecule has 0 bridgehead atoms. The van der Waals surface area contributed by atoms with Gasteiger partial charge in [0, 0.05) is 19.8 Å². The van der Waals surface area contributed by atoms with Gasteiger partial charge in [0.15, 0.2) is 4.77 Å². The van der Waals surface area contributed by atoms with E-state index in [1.807, 2.05) is 0 Å². The SMILES string of the molecule is Cc1ccc2[nH]c(=S)n(CC3CCOCC3)c2c1.